The second-order valence-corrected chi connectivity index (χ2v) is 7.88. The monoisotopic (exact) mass is 485 g/mol. The number of nitro groups is 1. The summed E-state index contributed by atoms with van der Waals surface area (Å²) < 4.78 is 18.0. The lowest BCUT2D eigenvalue weighted by Gasteiger charge is -2.09. The SMILES string of the molecule is CCn1c2ccc(/C(CCCOCCOCCOC)=N/OC(C)=O)cc2c2cc([N+](=O)[O-])ccc21. The number of carbonyl (C=O) groups is 1. The number of benzene rings is 2. The Bertz CT molecular complexity index is 1200. The van der Waals surface area contributed by atoms with Crippen LogP contribution in [0.5, 0.6) is 0 Å². The van der Waals surface area contributed by atoms with Crippen LogP contribution in [-0.4, -0.2) is 61.3 Å². The maximum Gasteiger partial charge on any atom is 0.331 e. The van der Waals surface area contributed by atoms with Crippen LogP contribution in [0, 0.1) is 10.1 Å². The fourth-order valence-electron chi connectivity index (χ4n) is 3.89. The van der Waals surface area contributed by atoms with E-state index in [1.54, 1.807) is 19.2 Å². The van der Waals surface area contributed by atoms with E-state index < -0.39 is 10.9 Å². The molecule has 3 rings (SSSR count). The van der Waals surface area contributed by atoms with Crippen molar-refractivity contribution in [3.63, 3.8) is 0 Å². The highest BCUT2D eigenvalue weighted by Crippen LogP contribution is 2.32. The summed E-state index contributed by atoms with van der Waals surface area (Å²) in [4.78, 5) is 27.3. The zero-order valence-electron chi connectivity index (χ0n) is 20.3. The number of hydrogen-bond acceptors (Lipinski definition) is 8. The van der Waals surface area contributed by atoms with Crippen LogP contribution in [-0.2, 0) is 30.4 Å². The summed E-state index contributed by atoms with van der Waals surface area (Å²) in [5.74, 6) is -0.508. The summed E-state index contributed by atoms with van der Waals surface area (Å²) in [5, 5.41) is 17.1. The van der Waals surface area contributed by atoms with Crippen molar-refractivity contribution in [3.05, 3.63) is 52.1 Å². The van der Waals surface area contributed by atoms with Crippen LogP contribution in [0.3, 0.4) is 0 Å². The van der Waals surface area contributed by atoms with Crippen molar-refractivity contribution in [1.29, 1.82) is 0 Å². The Kier molecular flexibility index (Phi) is 9.71. The minimum Gasteiger partial charge on any atom is -0.382 e. The Balaban J connectivity index is 1.80. The second kappa shape index (κ2) is 12.9. The zero-order chi connectivity index (χ0) is 25.2. The van der Waals surface area contributed by atoms with Crippen molar-refractivity contribution in [3.8, 4) is 0 Å². The first-order chi connectivity index (χ1) is 17.0. The number of fused-ring (bicyclic) bond motifs is 3. The molecule has 0 aliphatic carbocycles. The van der Waals surface area contributed by atoms with Gasteiger partial charge in [-0.15, -0.1) is 0 Å². The number of aromatic nitrogens is 1. The predicted molar refractivity (Wildman–Crippen MR) is 133 cm³/mol. The molecule has 0 saturated carbocycles. The van der Waals surface area contributed by atoms with E-state index in [0.717, 1.165) is 33.9 Å². The third kappa shape index (κ3) is 6.84. The molecule has 0 fully saturated rings. The molecule has 0 aliphatic rings. The first-order valence-corrected chi connectivity index (χ1v) is 11.6. The van der Waals surface area contributed by atoms with Gasteiger partial charge in [-0.25, -0.2) is 4.79 Å². The molecule has 2 aromatic carbocycles. The summed E-state index contributed by atoms with van der Waals surface area (Å²) in [6.45, 7) is 6.58. The van der Waals surface area contributed by atoms with E-state index in [0.29, 0.717) is 51.6 Å². The molecule has 0 spiro atoms. The number of aryl methyl sites for hydroxylation is 1. The minimum atomic E-state index is -0.508. The summed E-state index contributed by atoms with van der Waals surface area (Å²) in [6, 6.07) is 10.7. The van der Waals surface area contributed by atoms with E-state index in [1.165, 1.54) is 13.0 Å². The van der Waals surface area contributed by atoms with Gasteiger partial charge in [-0.05, 0) is 38.0 Å². The predicted octanol–water partition coefficient (Wildman–Crippen LogP) is 4.45. The molecule has 0 saturated heterocycles. The summed E-state index contributed by atoms with van der Waals surface area (Å²) in [5.41, 5.74) is 3.31. The van der Waals surface area contributed by atoms with Gasteiger partial charge in [-0.1, -0.05) is 11.2 Å². The largest absolute Gasteiger partial charge is 0.382 e. The quantitative estimate of drug-likeness (QED) is 0.109. The molecule has 10 heteroatoms. The van der Waals surface area contributed by atoms with Crippen LogP contribution in [0.4, 0.5) is 5.69 Å². The van der Waals surface area contributed by atoms with Gasteiger partial charge in [0.15, 0.2) is 0 Å². The fraction of sp³-hybridized carbons (Fsp3) is 0.440. The zero-order valence-corrected chi connectivity index (χ0v) is 20.3. The highest BCUT2D eigenvalue weighted by Gasteiger charge is 2.16. The van der Waals surface area contributed by atoms with Gasteiger partial charge in [0.2, 0.25) is 0 Å². The maximum absolute atomic E-state index is 11.4. The van der Waals surface area contributed by atoms with E-state index in [2.05, 4.69) is 9.72 Å². The number of methoxy groups -OCH3 is 1. The summed E-state index contributed by atoms with van der Waals surface area (Å²) in [6.07, 6.45) is 1.19. The van der Waals surface area contributed by atoms with E-state index in [-0.39, 0.29) is 5.69 Å². The molecular formula is C25H31N3O7. The van der Waals surface area contributed by atoms with Gasteiger partial charge < -0.3 is 23.6 Å². The van der Waals surface area contributed by atoms with Crippen LogP contribution < -0.4 is 0 Å². The lowest BCUT2D eigenvalue weighted by Crippen LogP contribution is -2.10. The topological polar surface area (TPSA) is 114 Å². The van der Waals surface area contributed by atoms with Crippen molar-refractivity contribution in [2.24, 2.45) is 5.16 Å². The molecule has 35 heavy (non-hydrogen) atoms. The molecule has 188 valence electrons. The summed E-state index contributed by atoms with van der Waals surface area (Å²) in [7, 11) is 1.62. The van der Waals surface area contributed by atoms with Crippen LogP contribution in [0.2, 0.25) is 0 Å². The van der Waals surface area contributed by atoms with Gasteiger partial charge in [0.05, 0.1) is 37.1 Å². The Labute approximate surface area is 203 Å². The molecule has 0 amide bonds. The third-order valence-electron chi connectivity index (χ3n) is 5.50. The molecular weight excluding hydrogens is 454 g/mol. The number of ether oxygens (including phenoxy) is 3. The molecule has 0 aliphatic heterocycles. The second-order valence-electron chi connectivity index (χ2n) is 7.88. The molecule has 3 aromatic rings. The van der Waals surface area contributed by atoms with Crippen LogP contribution in [0.1, 0.15) is 32.3 Å². The van der Waals surface area contributed by atoms with E-state index in [4.69, 9.17) is 19.0 Å². The Hall–Kier alpha value is -3.34. The Morgan fingerprint density at radius 1 is 1.00 bits per heavy atom. The van der Waals surface area contributed by atoms with Crippen molar-refractivity contribution >= 4 is 39.2 Å². The maximum atomic E-state index is 11.4. The molecule has 1 heterocycles. The normalized spacial score (nSPS) is 11.9. The fourth-order valence-corrected chi connectivity index (χ4v) is 3.89. The third-order valence-corrected chi connectivity index (χ3v) is 5.50. The molecule has 0 bridgehead atoms. The molecule has 0 unspecified atom stereocenters. The van der Waals surface area contributed by atoms with Gasteiger partial charge in [-0.3, -0.25) is 10.1 Å². The van der Waals surface area contributed by atoms with E-state index in [1.807, 2.05) is 25.1 Å². The number of nitrogens with zero attached hydrogens (tertiary/aromatic N) is 3. The molecule has 0 radical (unpaired) electrons. The number of rotatable bonds is 14. The highest BCUT2D eigenvalue weighted by molar-refractivity contribution is 6.12. The lowest BCUT2D eigenvalue weighted by molar-refractivity contribution is -0.384. The number of carbonyl (C=O) groups excluding carboxylic acids is 1. The van der Waals surface area contributed by atoms with Gasteiger partial charge >= 0.3 is 5.97 Å². The first-order valence-electron chi connectivity index (χ1n) is 11.6. The van der Waals surface area contributed by atoms with Crippen molar-refractivity contribution < 1.29 is 28.8 Å². The van der Waals surface area contributed by atoms with Gasteiger partial charge in [0.1, 0.15) is 0 Å². The molecule has 1 aromatic heterocycles. The van der Waals surface area contributed by atoms with Crippen LogP contribution in [0.15, 0.2) is 41.6 Å². The van der Waals surface area contributed by atoms with Crippen molar-refractivity contribution in [1.82, 2.24) is 4.57 Å². The first kappa shape index (κ1) is 26.3. The minimum absolute atomic E-state index is 0.0372. The average molecular weight is 486 g/mol. The standard InChI is InChI=1S/C25H31N3O7/c1-4-27-24-9-7-19(16-21(24)22-17-20(28(30)31)8-10-25(22)27)23(26-35-18(2)29)6-5-11-33-14-15-34-13-12-32-3/h7-10,16-17H,4-6,11-15H2,1-3H3/b26-23+. The average Bonchev–Trinajstić information content (AvgIpc) is 3.16. The molecule has 10 nitrogen and oxygen atoms in total. The smallest absolute Gasteiger partial charge is 0.331 e. The molecule has 0 atom stereocenters. The summed E-state index contributed by atoms with van der Waals surface area (Å²) >= 11 is 0. The highest BCUT2D eigenvalue weighted by atomic mass is 16.7. The Morgan fingerprint density at radius 3 is 2.31 bits per heavy atom. The van der Waals surface area contributed by atoms with Crippen LogP contribution in [0.25, 0.3) is 21.8 Å². The van der Waals surface area contributed by atoms with Crippen molar-refractivity contribution in [2.45, 2.75) is 33.2 Å². The van der Waals surface area contributed by atoms with Gasteiger partial charge in [0, 0.05) is 66.7 Å². The van der Waals surface area contributed by atoms with E-state index >= 15 is 0 Å². The van der Waals surface area contributed by atoms with Crippen LogP contribution >= 0.6 is 0 Å². The number of non-ortho nitro benzene ring substituents is 1. The Morgan fingerprint density at radius 2 is 1.66 bits per heavy atom. The lowest BCUT2D eigenvalue weighted by atomic mass is 10.0. The van der Waals surface area contributed by atoms with Crippen molar-refractivity contribution in [2.75, 3.05) is 40.1 Å². The number of oxime groups is 1. The number of hydrogen-bond donors (Lipinski definition) is 0. The van der Waals surface area contributed by atoms with E-state index in [9.17, 15) is 14.9 Å². The van der Waals surface area contributed by atoms with Gasteiger partial charge in [0.25, 0.3) is 5.69 Å². The molecule has 0 N–H and O–H groups in total. The number of nitro benzene ring substituents is 1. The van der Waals surface area contributed by atoms with Gasteiger partial charge in [-0.2, -0.15) is 0 Å².